The highest BCUT2D eigenvalue weighted by Crippen LogP contribution is 2.30. The van der Waals surface area contributed by atoms with Gasteiger partial charge in [0.05, 0.1) is 0 Å². The monoisotopic (exact) mass is 353 g/mol. The zero-order chi connectivity index (χ0) is 17.5. The zero-order valence-corrected chi connectivity index (χ0v) is 15.8. The van der Waals surface area contributed by atoms with Crippen LogP contribution in [0.15, 0.2) is 18.2 Å². The number of amides is 1. The van der Waals surface area contributed by atoms with Crippen molar-refractivity contribution in [1.29, 1.82) is 0 Å². The Balaban J connectivity index is 1.27. The standard InChI is InChI=1S/C22H31N3O/c26-22(25-13-12-23-10-2-1-4-21(23)16-25)18-7-8-19-15-24(20-5-3-6-20)11-9-17(19)14-18/h7-8,14,20-21H,1-6,9-13,15-16H2. The SMILES string of the molecule is O=C(c1ccc2c(c1)CCN(C1CCC1)C2)N1CCN2CCCCC2C1. The summed E-state index contributed by atoms with van der Waals surface area (Å²) in [6.07, 6.45) is 9.15. The van der Waals surface area contributed by atoms with Crippen LogP contribution in [-0.2, 0) is 13.0 Å². The summed E-state index contributed by atoms with van der Waals surface area (Å²) in [7, 11) is 0. The molecule has 5 rings (SSSR count). The van der Waals surface area contributed by atoms with Crippen LogP contribution in [0.25, 0.3) is 0 Å². The van der Waals surface area contributed by atoms with E-state index in [9.17, 15) is 4.79 Å². The van der Waals surface area contributed by atoms with Gasteiger partial charge in [-0.25, -0.2) is 0 Å². The van der Waals surface area contributed by atoms with E-state index in [0.717, 1.165) is 50.7 Å². The number of piperazine rings is 1. The molecule has 1 aromatic carbocycles. The van der Waals surface area contributed by atoms with Crippen LogP contribution in [-0.4, -0.2) is 65.4 Å². The Kier molecular flexibility index (Phi) is 4.49. The molecular formula is C22H31N3O. The minimum absolute atomic E-state index is 0.249. The molecule has 1 amide bonds. The molecule has 0 N–H and O–H groups in total. The summed E-state index contributed by atoms with van der Waals surface area (Å²) in [6.45, 7) is 6.33. The first kappa shape index (κ1) is 16.8. The van der Waals surface area contributed by atoms with E-state index in [4.69, 9.17) is 0 Å². The number of piperidine rings is 1. The van der Waals surface area contributed by atoms with Crippen LogP contribution < -0.4 is 0 Å². The molecule has 4 heteroatoms. The molecule has 140 valence electrons. The van der Waals surface area contributed by atoms with E-state index in [1.807, 2.05) is 0 Å². The molecule has 3 heterocycles. The highest BCUT2D eigenvalue weighted by Gasteiger charge is 2.32. The lowest BCUT2D eigenvalue weighted by Crippen LogP contribution is -2.56. The van der Waals surface area contributed by atoms with Gasteiger partial charge >= 0.3 is 0 Å². The van der Waals surface area contributed by atoms with Gasteiger partial charge in [0, 0.05) is 50.4 Å². The molecule has 1 aromatic rings. The molecule has 2 saturated heterocycles. The van der Waals surface area contributed by atoms with Crippen LogP contribution in [0.2, 0.25) is 0 Å². The number of hydrogen-bond donors (Lipinski definition) is 0. The summed E-state index contributed by atoms with van der Waals surface area (Å²) in [5.74, 6) is 0.249. The van der Waals surface area contributed by atoms with Crippen molar-refractivity contribution in [2.24, 2.45) is 0 Å². The van der Waals surface area contributed by atoms with Crippen molar-refractivity contribution < 1.29 is 4.79 Å². The third-order valence-electron chi connectivity index (χ3n) is 7.21. The van der Waals surface area contributed by atoms with Crippen molar-refractivity contribution in [3.05, 3.63) is 34.9 Å². The Hall–Kier alpha value is -1.39. The third-order valence-corrected chi connectivity index (χ3v) is 7.21. The first-order valence-electron chi connectivity index (χ1n) is 10.7. The lowest BCUT2D eigenvalue weighted by atomic mass is 9.88. The Morgan fingerprint density at radius 1 is 0.846 bits per heavy atom. The molecule has 0 aromatic heterocycles. The Morgan fingerprint density at radius 3 is 2.58 bits per heavy atom. The fourth-order valence-electron chi connectivity index (χ4n) is 5.29. The predicted octanol–water partition coefficient (Wildman–Crippen LogP) is 2.91. The van der Waals surface area contributed by atoms with E-state index in [0.29, 0.717) is 6.04 Å². The van der Waals surface area contributed by atoms with Gasteiger partial charge < -0.3 is 4.90 Å². The number of benzene rings is 1. The summed E-state index contributed by atoms with van der Waals surface area (Å²) in [5.41, 5.74) is 3.75. The first-order chi connectivity index (χ1) is 12.8. The van der Waals surface area contributed by atoms with Gasteiger partial charge in [0.1, 0.15) is 0 Å². The fraction of sp³-hybridized carbons (Fsp3) is 0.682. The van der Waals surface area contributed by atoms with E-state index < -0.39 is 0 Å². The molecule has 1 saturated carbocycles. The lowest BCUT2D eigenvalue weighted by Gasteiger charge is -2.44. The molecule has 0 spiro atoms. The molecule has 0 bridgehead atoms. The van der Waals surface area contributed by atoms with Crippen LogP contribution in [0.3, 0.4) is 0 Å². The summed E-state index contributed by atoms with van der Waals surface area (Å²) in [5, 5.41) is 0. The van der Waals surface area contributed by atoms with Crippen molar-refractivity contribution in [3.63, 3.8) is 0 Å². The zero-order valence-electron chi connectivity index (χ0n) is 15.8. The van der Waals surface area contributed by atoms with Crippen molar-refractivity contribution in [2.75, 3.05) is 32.7 Å². The van der Waals surface area contributed by atoms with Gasteiger partial charge in [0.25, 0.3) is 5.91 Å². The van der Waals surface area contributed by atoms with E-state index in [2.05, 4.69) is 32.9 Å². The van der Waals surface area contributed by atoms with Crippen molar-refractivity contribution >= 4 is 5.91 Å². The van der Waals surface area contributed by atoms with Crippen LogP contribution in [0, 0.1) is 0 Å². The lowest BCUT2D eigenvalue weighted by molar-refractivity contribution is 0.0372. The van der Waals surface area contributed by atoms with E-state index in [1.165, 1.54) is 56.2 Å². The first-order valence-corrected chi connectivity index (χ1v) is 10.7. The van der Waals surface area contributed by atoms with Crippen LogP contribution in [0.1, 0.15) is 60.0 Å². The molecule has 1 aliphatic carbocycles. The molecule has 4 nitrogen and oxygen atoms in total. The molecule has 26 heavy (non-hydrogen) atoms. The van der Waals surface area contributed by atoms with Crippen LogP contribution >= 0.6 is 0 Å². The largest absolute Gasteiger partial charge is 0.336 e. The molecule has 0 radical (unpaired) electrons. The van der Waals surface area contributed by atoms with E-state index in [1.54, 1.807) is 0 Å². The normalized spacial score (nSPS) is 27.5. The van der Waals surface area contributed by atoms with Crippen molar-refractivity contribution in [2.45, 2.75) is 63.6 Å². The topological polar surface area (TPSA) is 26.8 Å². The number of carbonyl (C=O) groups is 1. The average molecular weight is 354 g/mol. The predicted molar refractivity (Wildman–Crippen MR) is 103 cm³/mol. The van der Waals surface area contributed by atoms with Crippen molar-refractivity contribution in [1.82, 2.24) is 14.7 Å². The van der Waals surface area contributed by atoms with Crippen LogP contribution in [0.4, 0.5) is 0 Å². The second-order valence-electron chi connectivity index (χ2n) is 8.73. The summed E-state index contributed by atoms with van der Waals surface area (Å²) >= 11 is 0. The number of nitrogens with zero attached hydrogens (tertiary/aromatic N) is 3. The quantitative estimate of drug-likeness (QED) is 0.818. The summed E-state index contributed by atoms with van der Waals surface area (Å²) in [6, 6.07) is 7.91. The number of hydrogen-bond acceptors (Lipinski definition) is 3. The maximum absolute atomic E-state index is 13.1. The van der Waals surface area contributed by atoms with Gasteiger partial charge in [-0.05, 0) is 61.9 Å². The second-order valence-corrected chi connectivity index (χ2v) is 8.73. The Labute approximate surface area is 157 Å². The second kappa shape index (κ2) is 6.97. The van der Waals surface area contributed by atoms with Gasteiger partial charge in [-0.1, -0.05) is 18.9 Å². The maximum Gasteiger partial charge on any atom is 0.253 e. The number of fused-ring (bicyclic) bond motifs is 2. The smallest absolute Gasteiger partial charge is 0.253 e. The van der Waals surface area contributed by atoms with Gasteiger partial charge in [-0.2, -0.15) is 0 Å². The molecule has 4 aliphatic rings. The third kappa shape index (κ3) is 3.07. The van der Waals surface area contributed by atoms with Crippen molar-refractivity contribution in [3.8, 4) is 0 Å². The van der Waals surface area contributed by atoms with Gasteiger partial charge in [-0.15, -0.1) is 0 Å². The van der Waals surface area contributed by atoms with E-state index >= 15 is 0 Å². The summed E-state index contributed by atoms with van der Waals surface area (Å²) < 4.78 is 0. The minimum atomic E-state index is 0.249. The average Bonchev–Trinajstić information content (AvgIpc) is 2.65. The number of rotatable bonds is 2. The van der Waals surface area contributed by atoms with Crippen LogP contribution in [0.5, 0.6) is 0 Å². The van der Waals surface area contributed by atoms with Gasteiger partial charge in [-0.3, -0.25) is 14.6 Å². The molecular weight excluding hydrogens is 322 g/mol. The van der Waals surface area contributed by atoms with Gasteiger partial charge in [0.15, 0.2) is 0 Å². The molecule has 1 atom stereocenters. The highest BCUT2D eigenvalue weighted by molar-refractivity contribution is 5.94. The Bertz CT molecular complexity index is 684. The summed E-state index contributed by atoms with van der Waals surface area (Å²) in [4.78, 5) is 20.4. The highest BCUT2D eigenvalue weighted by atomic mass is 16.2. The minimum Gasteiger partial charge on any atom is -0.336 e. The van der Waals surface area contributed by atoms with E-state index in [-0.39, 0.29) is 5.91 Å². The molecule has 3 fully saturated rings. The Morgan fingerprint density at radius 2 is 1.73 bits per heavy atom. The molecule has 3 aliphatic heterocycles. The fourth-order valence-corrected chi connectivity index (χ4v) is 5.29. The number of carbonyl (C=O) groups excluding carboxylic acids is 1. The van der Waals surface area contributed by atoms with Gasteiger partial charge in [0.2, 0.25) is 0 Å². The molecule has 1 unspecified atom stereocenters. The maximum atomic E-state index is 13.1.